The van der Waals surface area contributed by atoms with E-state index < -0.39 is 0 Å². The summed E-state index contributed by atoms with van der Waals surface area (Å²) in [4.78, 5) is 18.8. The van der Waals surface area contributed by atoms with Crippen LogP contribution in [0.2, 0.25) is 0 Å². The zero-order valence-electron chi connectivity index (χ0n) is 16.8. The number of fused-ring (bicyclic) bond motifs is 3. The van der Waals surface area contributed by atoms with Crippen LogP contribution in [0.1, 0.15) is 22.9 Å². The molecule has 1 aromatic heterocycles. The molecule has 1 unspecified atom stereocenters. The summed E-state index contributed by atoms with van der Waals surface area (Å²) in [6.07, 6.45) is 0.818. The molecule has 4 aromatic rings. The van der Waals surface area contributed by atoms with Gasteiger partial charge < -0.3 is 19.9 Å². The van der Waals surface area contributed by atoms with Crippen LogP contribution in [0.4, 0.5) is 10.5 Å². The van der Waals surface area contributed by atoms with Crippen molar-refractivity contribution in [3.8, 4) is 5.75 Å². The van der Waals surface area contributed by atoms with Gasteiger partial charge >= 0.3 is 6.03 Å². The van der Waals surface area contributed by atoms with Crippen LogP contribution in [-0.2, 0) is 6.42 Å². The number of amides is 2. The molecule has 0 bridgehead atoms. The van der Waals surface area contributed by atoms with Gasteiger partial charge in [-0.3, -0.25) is 0 Å². The van der Waals surface area contributed by atoms with Crippen molar-refractivity contribution < 1.29 is 9.53 Å². The van der Waals surface area contributed by atoms with Crippen LogP contribution >= 0.6 is 0 Å². The van der Waals surface area contributed by atoms with E-state index >= 15 is 0 Å². The highest BCUT2D eigenvalue weighted by molar-refractivity contribution is 5.91. The van der Waals surface area contributed by atoms with E-state index in [2.05, 4.69) is 40.6 Å². The van der Waals surface area contributed by atoms with Gasteiger partial charge in [0, 0.05) is 28.8 Å². The Bertz CT molecular complexity index is 1180. The van der Waals surface area contributed by atoms with E-state index in [0.29, 0.717) is 6.54 Å². The standard InChI is InChI=1S/C25H23N3O2/c1-30-19-13-11-18(12-14-19)26-25(29)28-16-15-21-20-9-5-6-10-22(20)27-23(21)24(28)17-7-3-2-4-8-17/h2-14,24,27H,15-16H2,1H3,(H,26,29). The van der Waals surface area contributed by atoms with E-state index in [1.807, 2.05) is 53.4 Å². The number of urea groups is 1. The van der Waals surface area contributed by atoms with Crippen LogP contribution in [0.15, 0.2) is 78.9 Å². The fourth-order valence-corrected chi connectivity index (χ4v) is 4.31. The smallest absolute Gasteiger partial charge is 0.322 e. The van der Waals surface area contributed by atoms with E-state index in [9.17, 15) is 4.79 Å². The number of para-hydroxylation sites is 1. The van der Waals surface area contributed by atoms with Gasteiger partial charge in [0.2, 0.25) is 0 Å². The molecular formula is C25H23N3O2. The van der Waals surface area contributed by atoms with Crippen LogP contribution in [-0.4, -0.2) is 29.6 Å². The number of nitrogens with zero attached hydrogens (tertiary/aromatic N) is 1. The van der Waals surface area contributed by atoms with Crippen LogP contribution < -0.4 is 10.1 Å². The summed E-state index contributed by atoms with van der Waals surface area (Å²) in [6.45, 7) is 0.649. The molecule has 0 saturated heterocycles. The Morgan fingerprint density at radius 2 is 1.73 bits per heavy atom. The molecule has 5 heteroatoms. The summed E-state index contributed by atoms with van der Waals surface area (Å²) < 4.78 is 5.21. The van der Waals surface area contributed by atoms with Crippen molar-refractivity contribution in [2.24, 2.45) is 0 Å². The lowest BCUT2D eigenvalue weighted by atomic mass is 9.92. The second kappa shape index (κ2) is 7.59. The average Bonchev–Trinajstić information content (AvgIpc) is 3.18. The third kappa shape index (κ3) is 3.18. The zero-order valence-corrected chi connectivity index (χ0v) is 16.8. The quantitative estimate of drug-likeness (QED) is 0.489. The van der Waals surface area contributed by atoms with Gasteiger partial charge in [0.15, 0.2) is 0 Å². The second-order valence-corrected chi connectivity index (χ2v) is 7.48. The number of aromatic nitrogens is 1. The van der Waals surface area contributed by atoms with Gasteiger partial charge in [-0.1, -0.05) is 48.5 Å². The highest BCUT2D eigenvalue weighted by atomic mass is 16.5. The van der Waals surface area contributed by atoms with Crippen molar-refractivity contribution >= 4 is 22.6 Å². The average molecular weight is 397 g/mol. The van der Waals surface area contributed by atoms with Crippen molar-refractivity contribution in [3.05, 3.63) is 95.7 Å². The van der Waals surface area contributed by atoms with Gasteiger partial charge in [-0.05, 0) is 47.9 Å². The first-order chi connectivity index (χ1) is 14.7. The third-order valence-corrected chi connectivity index (χ3v) is 5.75. The lowest BCUT2D eigenvalue weighted by Gasteiger charge is -2.36. The maximum atomic E-state index is 13.3. The molecule has 30 heavy (non-hydrogen) atoms. The molecule has 5 rings (SSSR count). The maximum absolute atomic E-state index is 13.3. The minimum absolute atomic E-state index is 0.113. The molecule has 0 spiro atoms. The monoisotopic (exact) mass is 397 g/mol. The first-order valence-corrected chi connectivity index (χ1v) is 10.1. The van der Waals surface area contributed by atoms with Crippen molar-refractivity contribution in [3.63, 3.8) is 0 Å². The topological polar surface area (TPSA) is 57.4 Å². The van der Waals surface area contributed by atoms with Crippen molar-refractivity contribution in [1.82, 2.24) is 9.88 Å². The molecular weight excluding hydrogens is 374 g/mol. The number of anilines is 1. The number of methoxy groups -OCH3 is 1. The molecule has 0 aliphatic carbocycles. The highest BCUT2D eigenvalue weighted by Crippen LogP contribution is 2.38. The van der Waals surface area contributed by atoms with E-state index in [1.165, 1.54) is 10.9 Å². The minimum atomic E-state index is -0.166. The number of hydrogen-bond acceptors (Lipinski definition) is 2. The molecule has 5 nitrogen and oxygen atoms in total. The van der Waals surface area contributed by atoms with Gasteiger partial charge in [-0.2, -0.15) is 0 Å². The van der Waals surface area contributed by atoms with Crippen molar-refractivity contribution in [2.75, 3.05) is 19.0 Å². The SMILES string of the molecule is COc1ccc(NC(=O)N2CCc3c([nH]c4ccccc34)C2c2ccccc2)cc1. The molecule has 0 fully saturated rings. The molecule has 0 radical (unpaired) electrons. The summed E-state index contributed by atoms with van der Waals surface area (Å²) in [7, 11) is 1.63. The molecule has 2 heterocycles. The van der Waals surface area contributed by atoms with Crippen molar-refractivity contribution in [2.45, 2.75) is 12.5 Å². The largest absolute Gasteiger partial charge is 0.497 e. The number of carbonyl (C=O) groups excluding carboxylic acids is 1. The van der Waals surface area contributed by atoms with E-state index in [1.54, 1.807) is 7.11 Å². The number of benzene rings is 3. The third-order valence-electron chi connectivity index (χ3n) is 5.75. The molecule has 150 valence electrons. The summed E-state index contributed by atoms with van der Waals surface area (Å²) in [5.74, 6) is 0.760. The number of aromatic amines is 1. The van der Waals surface area contributed by atoms with E-state index in [-0.39, 0.29) is 12.1 Å². The van der Waals surface area contributed by atoms with Gasteiger partial charge in [-0.25, -0.2) is 4.79 Å². The lowest BCUT2D eigenvalue weighted by Crippen LogP contribution is -2.43. The Kier molecular flexibility index (Phi) is 4.64. The normalized spacial score (nSPS) is 15.6. The molecule has 1 aliphatic rings. The Labute approximate surface area is 175 Å². The highest BCUT2D eigenvalue weighted by Gasteiger charge is 2.34. The van der Waals surface area contributed by atoms with Gasteiger partial charge in [-0.15, -0.1) is 0 Å². The van der Waals surface area contributed by atoms with Gasteiger partial charge in [0.25, 0.3) is 0 Å². The summed E-state index contributed by atoms with van der Waals surface area (Å²) >= 11 is 0. The Morgan fingerprint density at radius 1 is 1.00 bits per heavy atom. The fourth-order valence-electron chi connectivity index (χ4n) is 4.31. The van der Waals surface area contributed by atoms with Crippen molar-refractivity contribution in [1.29, 1.82) is 0 Å². The molecule has 2 amide bonds. The molecule has 2 N–H and O–H groups in total. The second-order valence-electron chi connectivity index (χ2n) is 7.48. The zero-order chi connectivity index (χ0) is 20.5. The summed E-state index contributed by atoms with van der Waals surface area (Å²) in [5.41, 5.74) is 5.34. The van der Waals surface area contributed by atoms with Gasteiger partial charge in [0.05, 0.1) is 13.2 Å². The van der Waals surface area contributed by atoms with E-state index in [4.69, 9.17) is 4.74 Å². The first kappa shape index (κ1) is 18.3. The van der Waals surface area contributed by atoms with Crippen LogP contribution in [0, 0.1) is 0 Å². The van der Waals surface area contributed by atoms with Gasteiger partial charge in [0.1, 0.15) is 5.75 Å². The summed E-state index contributed by atoms with van der Waals surface area (Å²) in [6, 6.07) is 25.7. The minimum Gasteiger partial charge on any atom is -0.497 e. The number of ether oxygens (including phenoxy) is 1. The predicted molar refractivity (Wildman–Crippen MR) is 119 cm³/mol. The van der Waals surface area contributed by atoms with Crippen LogP contribution in [0.25, 0.3) is 10.9 Å². The Hall–Kier alpha value is -3.73. The Morgan fingerprint density at radius 3 is 2.50 bits per heavy atom. The number of H-pyrrole nitrogens is 1. The maximum Gasteiger partial charge on any atom is 0.322 e. The molecule has 0 saturated carbocycles. The lowest BCUT2D eigenvalue weighted by molar-refractivity contribution is 0.193. The molecule has 3 aromatic carbocycles. The number of nitrogens with one attached hydrogen (secondary N) is 2. The number of rotatable bonds is 3. The molecule has 1 aliphatic heterocycles. The number of hydrogen-bond donors (Lipinski definition) is 2. The van der Waals surface area contributed by atoms with Crippen LogP contribution in [0.3, 0.4) is 0 Å². The number of carbonyl (C=O) groups is 1. The summed E-state index contributed by atoms with van der Waals surface area (Å²) in [5, 5.41) is 4.28. The fraction of sp³-hybridized carbons (Fsp3) is 0.160. The molecule has 1 atom stereocenters. The first-order valence-electron chi connectivity index (χ1n) is 10.1. The van der Waals surface area contributed by atoms with E-state index in [0.717, 1.165) is 34.6 Å². The van der Waals surface area contributed by atoms with Crippen LogP contribution in [0.5, 0.6) is 5.75 Å². The predicted octanol–water partition coefficient (Wildman–Crippen LogP) is 5.36. The Balaban J connectivity index is 1.53.